The summed E-state index contributed by atoms with van der Waals surface area (Å²) in [6.07, 6.45) is 5.98. The van der Waals surface area contributed by atoms with Gasteiger partial charge in [0.25, 0.3) is 5.56 Å². The van der Waals surface area contributed by atoms with Gasteiger partial charge in [0.2, 0.25) is 0 Å². The number of aryl methyl sites for hydroxylation is 2. The zero-order chi connectivity index (χ0) is 28.2. The second-order valence-corrected chi connectivity index (χ2v) is 11.2. The molecule has 2 fully saturated rings. The lowest BCUT2D eigenvalue weighted by Crippen LogP contribution is -2.42. The summed E-state index contributed by atoms with van der Waals surface area (Å²) < 4.78 is 20.9. The number of benzene rings is 1. The number of pyridine rings is 1. The number of methoxy groups -OCH3 is 1. The fourth-order valence-corrected chi connectivity index (χ4v) is 5.74. The molecule has 1 N–H and O–H groups in total. The Balaban J connectivity index is 1.41. The maximum Gasteiger partial charge on any atom is 0.325 e. The number of likely N-dealkylation sites (N-methyl/N-ethyl adjacent to an activating group) is 1. The average Bonchev–Trinajstić information content (AvgIpc) is 3.57. The van der Waals surface area contributed by atoms with E-state index in [1.807, 2.05) is 19.2 Å². The number of carbonyl (C=O) groups is 1. The number of esters is 1. The molecule has 0 bridgehead atoms. The molecule has 3 aromatic rings. The van der Waals surface area contributed by atoms with Crippen LogP contribution in [0.5, 0.6) is 0 Å². The quantitative estimate of drug-likeness (QED) is 0.384. The minimum absolute atomic E-state index is 0.0152. The SMILES string of the molecule is COCC(NCc1ccc2c(c1)nc(-c1cc(C)c(=O)n(C)c1)n2CC1CN(C)CCO1)C(=O)OC1CCCC1. The first-order valence-electron chi connectivity index (χ1n) is 14.2. The monoisotopic (exact) mass is 551 g/mol. The van der Waals surface area contributed by atoms with Crippen LogP contribution >= 0.6 is 0 Å². The van der Waals surface area contributed by atoms with E-state index in [9.17, 15) is 9.59 Å². The number of ether oxygens (including phenoxy) is 3. The van der Waals surface area contributed by atoms with Crippen LogP contribution in [-0.2, 0) is 39.1 Å². The third kappa shape index (κ3) is 6.46. The van der Waals surface area contributed by atoms with Crippen LogP contribution in [0.15, 0.2) is 35.3 Å². The highest BCUT2D eigenvalue weighted by atomic mass is 16.5. The topological polar surface area (TPSA) is 99.9 Å². The van der Waals surface area contributed by atoms with Crippen LogP contribution in [-0.4, -0.2) is 83.7 Å². The summed E-state index contributed by atoms with van der Waals surface area (Å²) in [5.41, 5.74) is 4.39. The largest absolute Gasteiger partial charge is 0.461 e. The summed E-state index contributed by atoms with van der Waals surface area (Å²) in [5.74, 6) is 0.539. The summed E-state index contributed by atoms with van der Waals surface area (Å²) in [6, 6.07) is 7.55. The standard InChI is InChI=1S/C30H41N5O5/c1-20-13-22(16-34(3)29(20)36)28-32-25-14-21(9-10-27(25)35(28)18-24-17-33(2)11-12-39-24)15-31-26(19-38-4)30(37)40-23-7-5-6-8-23/h9-10,13-14,16,23-24,26,31H,5-8,11-12,15,17-19H2,1-4H3. The minimum Gasteiger partial charge on any atom is -0.461 e. The highest BCUT2D eigenvalue weighted by molar-refractivity contribution is 5.81. The third-order valence-electron chi connectivity index (χ3n) is 7.92. The van der Waals surface area contributed by atoms with Crippen molar-refractivity contribution < 1.29 is 19.0 Å². The van der Waals surface area contributed by atoms with Gasteiger partial charge in [0.05, 0.1) is 36.9 Å². The van der Waals surface area contributed by atoms with E-state index in [0.717, 1.165) is 66.8 Å². The smallest absolute Gasteiger partial charge is 0.325 e. The van der Waals surface area contributed by atoms with Crippen molar-refractivity contribution in [2.75, 3.05) is 40.5 Å². The molecule has 2 aliphatic rings. The van der Waals surface area contributed by atoms with Gasteiger partial charge in [-0.15, -0.1) is 0 Å². The zero-order valence-corrected chi connectivity index (χ0v) is 24.0. The van der Waals surface area contributed by atoms with E-state index in [1.54, 1.807) is 18.7 Å². The molecule has 10 heteroatoms. The van der Waals surface area contributed by atoms with E-state index in [1.165, 1.54) is 0 Å². The Morgan fingerprint density at radius 3 is 2.75 bits per heavy atom. The van der Waals surface area contributed by atoms with E-state index in [4.69, 9.17) is 19.2 Å². The average molecular weight is 552 g/mol. The molecule has 1 saturated carbocycles. The summed E-state index contributed by atoms with van der Waals surface area (Å²) in [4.78, 5) is 32.5. The molecule has 5 rings (SSSR count). The third-order valence-corrected chi connectivity index (χ3v) is 7.92. The number of aromatic nitrogens is 3. The van der Waals surface area contributed by atoms with E-state index in [2.05, 4.69) is 40.0 Å². The van der Waals surface area contributed by atoms with Crippen molar-refractivity contribution in [3.63, 3.8) is 0 Å². The van der Waals surface area contributed by atoms with Crippen molar-refractivity contribution in [2.24, 2.45) is 7.05 Å². The highest BCUT2D eigenvalue weighted by Gasteiger charge is 2.26. The molecule has 2 atom stereocenters. The molecular formula is C30H41N5O5. The van der Waals surface area contributed by atoms with Gasteiger partial charge >= 0.3 is 5.97 Å². The fraction of sp³-hybridized carbons (Fsp3) is 0.567. The second-order valence-electron chi connectivity index (χ2n) is 11.2. The number of morpholine rings is 1. The highest BCUT2D eigenvalue weighted by Crippen LogP contribution is 2.27. The molecule has 0 radical (unpaired) electrons. The van der Waals surface area contributed by atoms with Crippen LogP contribution in [0.25, 0.3) is 22.4 Å². The number of fused-ring (bicyclic) bond motifs is 1. The van der Waals surface area contributed by atoms with Crippen LogP contribution in [0.1, 0.15) is 36.8 Å². The Morgan fingerprint density at radius 1 is 1.23 bits per heavy atom. The molecule has 2 aromatic heterocycles. The fourth-order valence-electron chi connectivity index (χ4n) is 5.74. The van der Waals surface area contributed by atoms with Crippen molar-refractivity contribution in [1.82, 2.24) is 24.3 Å². The first kappa shape index (κ1) is 28.5. The van der Waals surface area contributed by atoms with Gasteiger partial charge in [0.15, 0.2) is 0 Å². The number of rotatable bonds is 10. The molecule has 40 heavy (non-hydrogen) atoms. The molecule has 10 nitrogen and oxygen atoms in total. The molecule has 216 valence electrons. The zero-order valence-electron chi connectivity index (χ0n) is 24.0. The van der Waals surface area contributed by atoms with Crippen LogP contribution in [0, 0.1) is 6.92 Å². The molecule has 3 heterocycles. The van der Waals surface area contributed by atoms with E-state index in [0.29, 0.717) is 25.3 Å². The molecule has 1 aliphatic heterocycles. The molecule has 1 aromatic carbocycles. The Labute approximate surface area is 235 Å². The Kier molecular flexibility index (Phi) is 9.00. The lowest BCUT2D eigenvalue weighted by molar-refractivity contribution is -0.152. The first-order valence-corrected chi connectivity index (χ1v) is 14.2. The van der Waals surface area contributed by atoms with Crippen molar-refractivity contribution in [2.45, 2.75) is 63.9 Å². The van der Waals surface area contributed by atoms with Gasteiger partial charge in [-0.3, -0.25) is 14.9 Å². The van der Waals surface area contributed by atoms with Crippen molar-refractivity contribution in [3.8, 4) is 11.4 Å². The van der Waals surface area contributed by atoms with E-state index >= 15 is 0 Å². The summed E-state index contributed by atoms with van der Waals surface area (Å²) in [5, 5.41) is 3.32. The lowest BCUT2D eigenvalue weighted by Gasteiger charge is -2.30. The number of hydrogen-bond acceptors (Lipinski definition) is 8. The Morgan fingerprint density at radius 2 is 2.02 bits per heavy atom. The van der Waals surface area contributed by atoms with Crippen molar-refractivity contribution in [1.29, 1.82) is 0 Å². The first-order chi connectivity index (χ1) is 19.3. The van der Waals surface area contributed by atoms with Gasteiger partial charge in [-0.25, -0.2) is 4.98 Å². The van der Waals surface area contributed by atoms with Crippen LogP contribution in [0.2, 0.25) is 0 Å². The summed E-state index contributed by atoms with van der Waals surface area (Å²) in [7, 11) is 5.47. The normalized spacial score (nSPS) is 19.4. The molecule has 0 spiro atoms. The number of hydrogen-bond donors (Lipinski definition) is 1. The van der Waals surface area contributed by atoms with Crippen LogP contribution in [0.3, 0.4) is 0 Å². The number of nitrogens with one attached hydrogen (secondary N) is 1. The molecule has 2 unspecified atom stereocenters. The van der Waals surface area contributed by atoms with Crippen LogP contribution < -0.4 is 10.9 Å². The predicted octanol–water partition coefficient (Wildman–Crippen LogP) is 2.63. The molecule has 0 amide bonds. The van der Waals surface area contributed by atoms with Gasteiger partial charge in [0.1, 0.15) is 18.0 Å². The van der Waals surface area contributed by atoms with Gasteiger partial charge in [-0.05, 0) is 63.4 Å². The molecule has 1 saturated heterocycles. The minimum atomic E-state index is -0.538. The van der Waals surface area contributed by atoms with Crippen LogP contribution in [0.4, 0.5) is 0 Å². The summed E-state index contributed by atoms with van der Waals surface area (Å²) >= 11 is 0. The van der Waals surface area contributed by atoms with Gasteiger partial charge < -0.3 is 28.2 Å². The second kappa shape index (κ2) is 12.6. The van der Waals surface area contributed by atoms with Gasteiger partial charge in [0, 0.05) is 51.1 Å². The Hall–Kier alpha value is -3.05. The maximum absolute atomic E-state index is 12.8. The predicted molar refractivity (Wildman–Crippen MR) is 153 cm³/mol. The van der Waals surface area contributed by atoms with E-state index in [-0.39, 0.29) is 30.3 Å². The number of imidazole rings is 1. The van der Waals surface area contributed by atoms with Gasteiger partial charge in [-0.1, -0.05) is 6.07 Å². The maximum atomic E-state index is 12.8. The molecule has 1 aliphatic carbocycles. The van der Waals surface area contributed by atoms with Gasteiger partial charge in [-0.2, -0.15) is 0 Å². The number of carbonyl (C=O) groups excluding carboxylic acids is 1. The molecular weight excluding hydrogens is 510 g/mol. The summed E-state index contributed by atoms with van der Waals surface area (Å²) in [6.45, 7) is 5.65. The van der Waals surface area contributed by atoms with Crippen molar-refractivity contribution in [3.05, 3.63) is 51.9 Å². The lowest BCUT2D eigenvalue weighted by atomic mass is 10.1. The van der Waals surface area contributed by atoms with E-state index < -0.39 is 6.04 Å². The Bertz CT molecular complexity index is 1370. The number of nitrogens with zero attached hydrogens (tertiary/aromatic N) is 4. The van der Waals surface area contributed by atoms with Crippen molar-refractivity contribution >= 4 is 17.0 Å².